The van der Waals surface area contributed by atoms with E-state index in [1.807, 2.05) is 0 Å². The van der Waals surface area contributed by atoms with Gasteiger partial charge in [-0.05, 0) is 30.5 Å². The van der Waals surface area contributed by atoms with Gasteiger partial charge < -0.3 is 20.1 Å². The zero-order valence-electron chi connectivity index (χ0n) is 15.0. The third-order valence-corrected chi connectivity index (χ3v) is 4.44. The van der Waals surface area contributed by atoms with Crippen LogP contribution in [0.2, 0.25) is 0 Å². The lowest BCUT2D eigenvalue weighted by Crippen LogP contribution is -2.44. The summed E-state index contributed by atoms with van der Waals surface area (Å²) >= 11 is 0. The number of aromatic nitrogens is 2. The van der Waals surface area contributed by atoms with Gasteiger partial charge in [0.1, 0.15) is 5.75 Å². The van der Waals surface area contributed by atoms with Gasteiger partial charge in [0, 0.05) is 24.2 Å². The number of ether oxygens (including phenoxy) is 2. The molecule has 0 saturated carbocycles. The van der Waals surface area contributed by atoms with Gasteiger partial charge in [0.05, 0.1) is 31.7 Å². The molecule has 1 aliphatic rings. The highest BCUT2D eigenvalue weighted by molar-refractivity contribution is 6.40. The number of anilines is 1. The fourth-order valence-corrected chi connectivity index (χ4v) is 3.00. The third-order valence-electron chi connectivity index (χ3n) is 4.44. The maximum atomic E-state index is 12.3. The Labute approximate surface area is 155 Å². The lowest BCUT2D eigenvalue weighted by atomic mass is 9.94. The van der Waals surface area contributed by atoms with E-state index in [2.05, 4.69) is 20.8 Å². The van der Waals surface area contributed by atoms with Gasteiger partial charge in [-0.2, -0.15) is 5.10 Å². The summed E-state index contributed by atoms with van der Waals surface area (Å²) < 4.78 is 9.80. The lowest BCUT2D eigenvalue weighted by molar-refractivity contribution is -0.136. The van der Waals surface area contributed by atoms with E-state index in [9.17, 15) is 14.4 Å². The second-order valence-electron chi connectivity index (χ2n) is 6.14. The first kappa shape index (κ1) is 18.4. The van der Waals surface area contributed by atoms with Crippen molar-refractivity contribution in [3.8, 4) is 5.75 Å². The van der Waals surface area contributed by atoms with Crippen LogP contribution in [0.4, 0.5) is 5.69 Å². The lowest BCUT2D eigenvalue weighted by Gasteiger charge is -2.22. The fraction of sp³-hybridized carbons (Fsp3) is 0.333. The molecule has 3 rings (SSSR count). The van der Waals surface area contributed by atoms with Crippen LogP contribution in [0, 0.1) is 0 Å². The smallest absolute Gasteiger partial charge is 0.339 e. The first-order valence-electron chi connectivity index (χ1n) is 8.41. The van der Waals surface area contributed by atoms with Crippen molar-refractivity contribution in [1.82, 2.24) is 15.5 Å². The molecule has 0 bridgehead atoms. The van der Waals surface area contributed by atoms with Gasteiger partial charge in [0.25, 0.3) is 0 Å². The highest BCUT2D eigenvalue weighted by Crippen LogP contribution is 2.23. The molecule has 0 fully saturated rings. The van der Waals surface area contributed by atoms with E-state index in [-0.39, 0.29) is 17.3 Å². The Hall–Kier alpha value is -3.36. The average Bonchev–Trinajstić information content (AvgIpc) is 3.15. The first-order chi connectivity index (χ1) is 13.0. The molecule has 2 amide bonds. The number of hydrogen-bond acceptors (Lipinski definition) is 6. The molecular formula is C18H20N4O5. The number of carbonyl (C=O) groups is 3. The summed E-state index contributed by atoms with van der Waals surface area (Å²) in [7, 11) is 2.69. The van der Waals surface area contributed by atoms with Crippen molar-refractivity contribution in [1.29, 1.82) is 0 Å². The zero-order valence-corrected chi connectivity index (χ0v) is 15.0. The van der Waals surface area contributed by atoms with Gasteiger partial charge in [-0.25, -0.2) is 4.79 Å². The summed E-state index contributed by atoms with van der Waals surface area (Å²) in [4.78, 5) is 36.5. The number of amides is 2. The molecule has 0 radical (unpaired) electrons. The Balaban J connectivity index is 1.68. The van der Waals surface area contributed by atoms with Gasteiger partial charge in [-0.1, -0.05) is 0 Å². The summed E-state index contributed by atoms with van der Waals surface area (Å²) in [6.07, 6.45) is 3.86. The number of carbonyl (C=O) groups excluding carboxylic acids is 3. The van der Waals surface area contributed by atoms with E-state index in [4.69, 9.17) is 9.47 Å². The Morgan fingerprint density at radius 3 is 2.78 bits per heavy atom. The standard InChI is InChI=1S/C18H20N4O5/c1-26-12-5-6-13(18(25)27-2)15(8-12)21-17(24)16(23)20-11-4-3-10-9-19-22-14(10)7-11/h5-6,8-9,11H,3-4,7H2,1-2H3,(H,19,22)(H,20,23)(H,21,24). The predicted octanol–water partition coefficient (Wildman–Crippen LogP) is 0.817. The minimum atomic E-state index is -0.871. The number of aryl methyl sites for hydroxylation is 1. The maximum Gasteiger partial charge on any atom is 0.339 e. The molecule has 1 aromatic carbocycles. The molecule has 1 aliphatic carbocycles. The molecule has 0 saturated heterocycles. The van der Waals surface area contributed by atoms with E-state index in [0.29, 0.717) is 12.2 Å². The number of fused-ring (bicyclic) bond motifs is 1. The van der Waals surface area contributed by atoms with Crippen molar-refractivity contribution in [3.05, 3.63) is 41.2 Å². The van der Waals surface area contributed by atoms with Crippen LogP contribution in [0.5, 0.6) is 5.75 Å². The molecular weight excluding hydrogens is 352 g/mol. The summed E-state index contributed by atoms with van der Waals surface area (Å²) in [5.74, 6) is -1.85. The Kier molecular flexibility index (Phi) is 5.39. The monoisotopic (exact) mass is 372 g/mol. The molecule has 9 heteroatoms. The highest BCUT2D eigenvalue weighted by atomic mass is 16.5. The van der Waals surface area contributed by atoms with Crippen LogP contribution in [-0.2, 0) is 27.2 Å². The topological polar surface area (TPSA) is 122 Å². The van der Waals surface area contributed by atoms with E-state index in [1.54, 1.807) is 12.3 Å². The van der Waals surface area contributed by atoms with Crippen LogP contribution in [0.3, 0.4) is 0 Å². The van der Waals surface area contributed by atoms with Gasteiger partial charge in [0.2, 0.25) is 0 Å². The number of H-pyrrole nitrogens is 1. The summed E-state index contributed by atoms with van der Waals surface area (Å²) in [5, 5.41) is 12.1. The van der Waals surface area contributed by atoms with Crippen LogP contribution in [0.1, 0.15) is 28.0 Å². The summed E-state index contributed by atoms with van der Waals surface area (Å²) in [6, 6.07) is 4.31. The molecule has 9 nitrogen and oxygen atoms in total. The van der Waals surface area contributed by atoms with Crippen molar-refractivity contribution in [2.45, 2.75) is 25.3 Å². The Morgan fingerprint density at radius 2 is 2.04 bits per heavy atom. The number of nitrogens with one attached hydrogen (secondary N) is 3. The van der Waals surface area contributed by atoms with Gasteiger partial charge in [-0.3, -0.25) is 14.7 Å². The number of benzene rings is 1. The normalized spacial score (nSPS) is 15.4. The van der Waals surface area contributed by atoms with Crippen LogP contribution in [0.15, 0.2) is 24.4 Å². The Bertz CT molecular complexity index is 876. The Morgan fingerprint density at radius 1 is 1.22 bits per heavy atom. The highest BCUT2D eigenvalue weighted by Gasteiger charge is 2.25. The number of esters is 1. The molecule has 27 heavy (non-hydrogen) atoms. The first-order valence-corrected chi connectivity index (χ1v) is 8.41. The minimum Gasteiger partial charge on any atom is -0.497 e. The molecule has 1 atom stereocenters. The average molecular weight is 372 g/mol. The van der Waals surface area contributed by atoms with Gasteiger partial charge in [-0.15, -0.1) is 0 Å². The molecule has 2 aromatic rings. The van der Waals surface area contributed by atoms with Crippen molar-refractivity contribution in [3.63, 3.8) is 0 Å². The van der Waals surface area contributed by atoms with Crippen molar-refractivity contribution in [2.24, 2.45) is 0 Å². The number of nitrogens with zero attached hydrogens (tertiary/aromatic N) is 1. The van der Waals surface area contributed by atoms with Crippen molar-refractivity contribution < 1.29 is 23.9 Å². The number of aromatic amines is 1. The molecule has 1 aromatic heterocycles. The molecule has 1 unspecified atom stereocenters. The number of rotatable bonds is 4. The SMILES string of the molecule is COC(=O)c1ccc(OC)cc1NC(=O)C(=O)NC1CCc2cn[nH]c2C1. The van der Waals surface area contributed by atoms with Crippen LogP contribution < -0.4 is 15.4 Å². The summed E-state index contributed by atoms with van der Waals surface area (Å²) in [6.45, 7) is 0. The number of methoxy groups -OCH3 is 2. The third kappa shape index (κ3) is 4.08. The van der Waals surface area contributed by atoms with Crippen LogP contribution in [0.25, 0.3) is 0 Å². The largest absolute Gasteiger partial charge is 0.497 e. The van der Waals surface area contributed by atoms with Gasteiger partial charge >= 0.3 is 17.8 Å². The zero-order chi connectivity index (χ0) is 19.4. The minimum absolute atomic E-state index is 0.124. The number of hydrogen-bond donors (Lipinski definition) is 3. The quantitative estimate of drug-likeness (QED) is 0.539. The molecule has 142 valence electrons. The fourth-order valence-electron chi connectivity index (χ4n) is 3.00. The van der Waals surface area contributed by atoms with Crippen LogP contribution >= 0.6 is 0 Å². The van der Waals surface area contributed by atoms with E-state index >= 15 is 0 Å². The summed E-state index contributed by atoms with van der Waals surface area (Å²) in [5.41, 5.74) is 2.36. The molecule has 0 spiro atoms. The second-order valence-corrected chi connectivity index (χ2v) is 6.14. The van der Waals surface area contributed by atoms with E-state index < -0.39 is 17.8 Å². The molecule has 1 heterocycles. The van der Waals surface area contributed by atoms with Crippen LogP contribution in [-0.4, -0.2) is 48.2 Å². The van der Waals surface area contributed by atoms with Crippen molar-refractivity contribution >= 4 is 23.5 Å². The van der Waals surface area contributed by atoms with E-state index in [0.717, 1.165) is 24.1 Å². The second kappa shape index (κ2) is 7.90. The maximum absolute atomic E-state index is 12.3. The van der Waals surface area contributed by atoms with Gasteiger partial charge in [0.15, 0.2) is 0 Å². The van der Waals surface area contributed by atoms with E-state index in [1.165, 1.54) is 26.4 Å². The van der Waals surface area contributed by atoms with Crippen molar-refractivity contribution in [2.75, 3.05) is 19.5 Å². The molecule has 3 N–H and O–H groups in total. The predicted molar refractivity (Wildman–Crippen MR) is 95.5 cm³/mol. The molecule has 0 aliphatic heterocycles.